The normalized spacial score (nSPS) is 18.3. The molecule has 2 aromatic rings. The Bertz CT molecular complexity index is 949. The van der Waals surface area contributed by atoms with Crippen LogP contribution in [0.1, 0.15) is 33.7 Å². The van der Waals surface area contributed by atoms with Crippen molar-refractivity contribution in [2.24, 2.45) is 13.0 Å². The van der Waals surface area contributed by atoms with Crippen LogP contribution < -0.4 is 0 Å². The van der Waals surface area contributed by atoms with E-state index >= 15 is 0 Å². The Morgan fingerprint density at radius 2 is 2.08 bits per heavy atom. The average molecular weight is 377 g/mol. The fourth-order valence-corrected chi connectivity index (χ4v) is 5.53. The van der Waals surface area contributed by atoms with E-state index in [1.807, 2.05) is 6.07 Å². The molecule has 3 rings (SSSR count). The minimum atomic E-state index is -3.57. The Kier molecular flexibility index (Phi) is 4.90. The van der Waals surface area contributed by atoms with E-state index in [2.05, 4.69) is 5.10 Å². The number of aryl methyl sites for hydroxylation is 2. The number of hydrogen-bond donors (Lipinski definition) is 1. The van der Waals surface area contributed by atoms with Gasteiger partial charge in [0.05, 0.1) is 17.0 Å². The Morgan fingerprint density at radius 1 is 1.35 bits per heavy atom. The summed E-state index contributed by atoms with van der Waals surface area (Å²) in [5, 5.41) is 13.3. The smallest absolute Gasteiger partial charge is 0.335 e. The van der Waals surface area contributed by atoms with Crippen LogP contribution in [0.4, 0.5) is 0 Å². The summed E-state index contributed by atoms with van der Waals surface area (Å²) >= 11 is 0. The molecule has 0 radical (unpaired) electrons. The number of hydrogen-bond acceptors (Lipinski definition) is 4. The van der Waals surface area contributed by atoms with Gasteiger partial charge in [0, 0.05) is 20.1 Å². The zero-order chi connectivity index (χ0) is 19.1. The van der Waals surface area contributed by atoms with Gasteiger partial charge in [0.2, 0.25) is 10.0 Å². The molecule has 0 bridgehead atoms. The van der Waals surface area contributed by atoms with Crippen molar-refractivity contribution in [2.75, 3.05) is 13.1 Å². The highest BCUT2D eigenvalue weighted by Gasteiger charge is 2.35. The first kappa shape index (κ1) is 18.6. The van der Waals surface area contributed by atoms with Gasteiger partial charge in [-0.05, 0) is 50.3 Å². The Labute approximate surface area is 153 Å². The summed E-state index contributed by atoms with van der Waals surface area (Å²) in [7, 11) is -1.83. The maximum atomic E-state index is 13.0. The quantitative estimate of drug-likeness (QED) is 0.860. The zero-order valence-electron chi connectivity index (χ0n) is 15.1. The maximum absolute atomic E-state index is 13.0. The van der Waals surface area contributed by atoms with Crippen molar-refractivity contribution in [3.63, 3.8) is 0 Å². The molecule has 7 nitrogen and oxygen atoms in total. The molecule has 0 aliphatic carbocycles. The molecule has 1 saturated heterocycles. The lowest BCUT2D eigenvalue weighted by molar-refractivity contribution is 0.0696. The minimum Gasteiger partial charge on any atom is -0.478 e. The number of benzene rings is 1. The second-order valence-corrected chi connectivity index (χ2v) is 8.73. The molecule has 1 aliphatic rings. The predicted octanol–water partition coefficient (Wildman–Crippen LogP) is 1.99. The topological polar surface area (TPSA) is 92.5 Å². The molecule has 2 heterocycles. The van der Waals surface area contributed by atoms with E-state index in [4.69, 9.17) is 5.11 Å². The molecule has 1 aromatic heterocycles. The summed E-state index contributed by atoms with van der Waals surface area (Å²) in [6.45, 7) is 4.38. The highest BCUT2D eigenvalue weighted by atomic mass is 32.2. The molecule has 8 heteroatoms. The van der Waals surface area contributed by atoms with Crippen LogP contribution in [-0.4, -0.2) is 46.7 Å². The van der Waals surface area contributed by atoms with Crippen LogP contribution in [0.25, 0.3) is 0 Å². The first-order valence-corrected chi connectivity index (χ1v) is 9.96. The fourth-order valence-electron chi connectivity index (χ4n) is 3.60. The molecule has 1 N–H and O–H groups in total. The number of nitrogens with zero attached hydrogens (tertiary/aromatic N) is 3. The highest BCUT2D eigenvalue weighted by Crippen LogP contribution is 2.29. The monoisotopic (exact) mass is 377 g/mol. The Balaban J connectivity index is 1.76. The number of carbonyl (C=O) groups is 1. The SMILES string of the molecule is Cc1nn(C)c(C)c1S(=O)(=O)N1CC[C@H](Cc2cccc(C(=O)O)c2)C1. The van der Waals surface area contributed by atoms with Crippen molar-refractivity contribution in [2.45, 2.75) is 31.6 Å². The van der Waals surface area contributed by atoms with Gasteiger partial charge in [0.15, 0.2) is 0 Å². The van der Waals surface area contributed by atoms with Gasteiger partial charge in [-0.2, -0.15) is 9.40 Å². The number of carboxylic acids is 1. The molecular weight excluding hydrogens is 354 g/mol. The predicted molar refractivity (Wildman–Crippen MR) is 96.7 cm³/mol. The molecule has 0 saturated carbocycles. The number of aromatic nitrogens is 2. The van der Waals surface area contributed by atoms with Crippen molar-refractivity contribution in [3.8, 4) is 0 Å². The summed E-state index contributed by atoms with van der Waals surface area (Å²) < 4.78 is 29.2. The largest absolute Gasteiger partial charge is 0.478 e. The van der Waals surface area contributed by atoms with Gasteiger partial charge < -0.3 is 5.11 Å². The highest BCUT2D eigenvalue weighted by molar-refractivity contribution is 7.89. The van der Waals surface area contributed by atoms with E-state index < -0.39 is 16.0 Å². The Hall–Kier alpha value is -2.19. The molecule has 0 unspecified atom stereocenters. The fraction of sp³-hybridized carbons (Fsp3) is 0.444. The second kappa shape index (κ2) is 6.85. The minimum absolute atomic E-state index is 0.172. The Morgan fingerprint density at radius 3 is 2.69 bits per heavy atom. The summed E-state index contributed by atoms with van der Waals surface area (Å²) in [5.41, 5.74) is 2.33. The molecular formula is C18H23N3O4S. The van der Waals surface area contributed by atoms with E-state index in [0.29, 0.717) is 35.8 Å². The van der Waals surface area contributed by atoms with Crippen molar-refractivity contribution in [1.29, 1.82) is 0 Å². The van der Waals surface area contributed by atoms with E-state index in [1.54, 1.807) is 43.8 Å². The number of rotatable bonds is 5. The van der Waals surface area contributed by atoms with Crippen LogP contribution in [0.5, 0.6) is 0 Å². The molecule has 26 heavy (non-hydrogen) atoms. The van der Waals surface area contributed by atoms with Gasteiger partial charge in [0.1, 0.15) is 4.90 Å². The number of sulfonamides is 1. The third-order valence-corrected chi connectivity index (χ3v) is 7.11. The molecule has 1 fully saturated rings. The number of aromatic carboxylic acids is 1. The standard InChI is InChI=1S/C18H23N3O4S/c1-12-17(13(2)20(3)19-12)26(24,25)21-8-7-15(11-21)9-14-5-4-6-16(10-14)18(22)23/h4-6,10,15H,7-9,11H2,1-3H3,(H,22,23)/t15-/m1/s1. The van der Waals surface area contributed by atoms with Crippen LogP contribution >= 0.6 is 0 Å². The van der Waals surface area contributed by atoms with Crippen molar-refractivity contribution in [1.82, 2.24) is 14.1 Å². The van der Waals surface area contributed by atoms with Crippen molar-refractivity contribution < 1.29 is 18.3 Å². The summed E-state index contributed by atoms with van der Waals surface area (Å²) in [4.78, 5) is 11.4. The van der Waals surface area contributed by atoms with Crippen LogP contribution in [0.2, 0.25) is 0 Å². The lowest BCUT2D eigenvalue weighted by Crippen LogP contribution is -2.30. The van der Waals surface area contributed by atoms with Gasteiger partial charge in [0.25, 0.3) is 0 Å². The summed E-state index contributed by atoms with van der Waals surface area (Å²) in [5.74, 6) is -0.781. The molecule has 0 spiro atoms. The van der Waals surface area contributed by atoms with E-state index in [0.717, 1.165) is 12.0 Å². The molecule has 1 aliphatic heterocycles. The second-order valence-electron chi connectivity index (χ2n) is 6.85. The summed E-state index contributed by atoms with van der Waals surface area (Å²) in [6, 6.07) is 6.84. The van der Waals surface area contributed by atoms with Crippen molar-refractivity contribution in [3.05, 3.63) is 46.8 Å². The third-order valence-electron chi connectivity index (χ3n) is 4.99. The van der Waals surface area contributed by atoms with Crippen LogP contribution in [0.3, 0.4) is 0 Å². The first-order valence-electron chi connectivity index (χ1n) is 8.52. The van der Waals surface area contributed by atoms with E-state index in [1.165, 1.54) is 4.31 Å². The lowest BCUT2D eigenvalue weighted by atomic mass is 9.97. The van der Waals surface area contributed by atoms with Crippen molar-refractivity contribution >= 4 is 16.0 Å². The molecule has 1 atom stereocenters. The van der Waals surface area contributed by atoms with E-state index in [-0.39, 0.29) is 11.5 Å². The maximum Gasteiger partial charge on any atom is 0.335 e. The zero-order valence-corrected chi connectivity index (χ0v) is 16.0. The van der Waals surface area contributed by atoms with E-state index in [9.17, 15) is 13.2 Å². The third kappa shape index (κ3) is 3.39. The van der Waals surface area contributed by atoms with Gasteiger partial charge in [-0.3, -0.25) is 4.68 Å². The lowest BCUT2D eigenvalue weighted by Gasteiger charge is -2.17. The average Bonchev–Trinajstić information content (AvgIpc) is 3.13. The van der Waals surface area contributed by atoms with Gasteiger partial charge in [-0.25, -0.2) is 13.2 Å². The molecule has 1 aromatic carbocycles. The van der Waals surface area contributed by atoms with Gasteiger partial charge in [-0.1, -0.05) is 12.1 Å². The van der Waals surface area contributed by atoms with Crippen LogP contribution in [0, 0.1) is 19.8 Å². The van der Waals surface area contributed by atoms with Gasteiger partial charge in [-0.15, -0.1) is 0 Å². The first-order chi connectivity index (χ1) is 12.2. The van der Waals surface area contributed by atoms with Crippen LogP contribution in [-0.2, 0) is 23.5 Å². The molecule has 140 valence electrons. The summed E-state index contributed by atoms with van der Waals surface area (Å²) in [6.07, 6.45) is 1.42. The number of carboxylic acid groups (broad SMARTS) is 1. The van der Waals surface area contributed by atoms with Gasteiger partial charge >= 0.3 is 5.97 Å². The van der Waals surface area contributed by atoms with Crippen LogP contribution in [0.15, 0.2) is 29.2 Å². The molecule has 0 amide bonds.